The Kier molecular flexibility index (Phi) is 4.74. The van der Waals surface area contributed by atoms with E-state index in [1.54, 1.807) is 0 Å². The topological polar surface area (TPSA) is 0 Å². The van der Waals surface area contributed by atoms with Gasteiger partial charge in [-0.2, -0.15) is 0 Å². The van der Waals surface area contributed by atoms with Crippen LogP contribution in [0, 0.1) is 23.4 Å². The van der Waals surface area contributed by atoms with Crippen molar-refractivity contribution in [3.8, 4) is 0 Å². The Morgan fingerprint density at radius 3 is 1.96 bits per heavy atom. The van der Waals surface area contributed by atoms with E-state index in [-0.39, 0.29) is 0 Å². The van der Waals surface area contributed by atoms with Gasteiger partial charge >= 0.3 is 0 Å². The molecule has 0 saturated heterocycles. The Morgan fingerprint density at radius 2 is 1.39 bits per heavy atom. The van der Waals surface area contributed by atoms with E-state index in [9.17, 15) is 13.2 Å². The average Bonchev–Trinajstić information content (AvgIpc) is 2.54. The zero-order valence-corrected chi connectivity index (χ0v) is 13.3. The van der Waals surface area contributed by atoms with Crippen LogP contribution in [0.15, 0.2) is 36.4 Å². The number of benzene rings is 2. The van der Waals surface area contributed by atoms with Crippen molar-refractivity contribution in [3.05, 3.63) is 70.5 Å². The van der Waals surface area contributed by atoms with Crippen molar-refractivity contribution in [3.63, 3.8) is 0 Å². The fourth-order valence-corrected chi connectivity index (χ4v) is 3.45. The van der Waals surface area contributed by atoms with Gasteiger partial charge in [0, 0.05) is 0 Å². The second kappa shape index (κ2) is 6.77. The van der Waals surface area contributed by atoms with Crippen LogP contribution in [-0.4, -0.2) is 0 Å². The predicted molar refractivity (Wildman–Crippen MR) is 85.9 cm³/mol. The van der Waals surface area contributed by atoms with Crippen LogP contribution in [0.2, 0.25) is 0 Å². The van der Waals surface area contributed by atoms with Crippen LogP contribution in [-0.2, 0) is 6.42 Å². The lowest BCUT2D eigenvalue weighted by atomic mass is 9.79. The molecule has 1 aliphatic rings. The van der Waals surface area contributed by atoms with E-state index in [1.165, 1.54) is 31.2 Å². The van der Waals surface area contributed by atoms with E-state index in [2.05, 4.69) is 19.1 Å². The Labute approximate surface area is 135 Å². The van der Waals surface area contributed by atoms with Gasteiger partial charge in [0.2, 0.25) is 0 Å². The first kappa shape index (κ1) is 16.1. The number of rotatable bonds is 3. The van der Waals surface area contributed by atoms with Gasteiger partial charge in [-0.15, -0.1) is 0 Å². The van der Waals surface area contributed by atoms with Crippen LogP contribution < -0.4 is 0 Å². The minimum absolute atomic E-state index is 0.399. The van der Waals surface area contributed by atoms with Crippen molar-refractivity contribution in [2.24, 2.45) is 5.92 Å². The molecule has 0 radical (unpaired) electrons. The quantitative estimate of drug-likeness (QED) is 0.610. The molecule has 0 heterocycles. The maximum atomic E-state index is 13.3. The molecule has 2 aromatic rings. The summed E-state index contributed by atoms with van der Waals surface area (Å²) in [6.07, 6.45) is 5.42. The molecule has 0 aromatic heterocycles. The monoisotopic (exact) mass is 318 g/mol. The van der Waals surface area contributed by atoms with Gasteiger partial charge in [-0.25, -0.2) is 13.2 Å². The number of halogens is 3. The maximum absolute atomic E-state index is 13.3. The van der Waals surface area contributed by atoms with Crippen LogP contribution in [0.4, 0.5) is 13.2 Å². The van der Waals surface area contributed by atoms with Crippen LogP contribution in [0.5, 0.6) is 0 Å². The Morgan fingerprint density at radius 1 is 0.826 bits per heavy atom. The molecule has 0 atom stereocenters. The highest BCUT2D eigenvalue weighted by Gasteiger charge is 2.19. The molecular formula is C20H21F3. The van der Waals surface area contributed by atoms with Gasteiger partial charge in [-0.3, -0.25) is 0 Å². The summed E-state index contributed by atoms with van der Waals surface area (Å²) in [5.41, 5.74) is 2.76. The molecule has 3 heteroatoms. The molecule has 1 saturated carbocycles. The van der Waals surface area contributed by atoms with Crippen molar-refractivity contribution in [2.45, 2.75) is 44.9 Å². The van der Waals surface area contributed by atoms with E-state index in [0.717, 1.165) is 23.6 Å². The zero-order valence-electron chi connectivity index (χ0n) is 13.3. The molecular weight excluding hydrogens is 297 g/mol. The molecule has 2 aromatic carbocycles. The lowest BCUT2D eigenvalue weighted by Crippen LogP contribution is -2.10. The van der Waals surface area contributed by atoms with Crippen molar-refractivity contribution in [1.29, 1.82) is 0 Å². The van der Waals surface area contributed by atoms with Gasteiger partial charge in [0.25, 0.3) is 0 Å². The largest absolute Gasteiger partial charge is 0.204 e. The maximum Gasteiger partial charge on any atom is 0.194 e. The fraction of sp³-hybridized carbons (Fsp3) is 0.400. The summed E-state index contributed by atoms with van der Waals surface area (Å²) in [7, 11) is 0. The summed E-state index contributed by atoms with van der Waals surface area (Å²) in [5.74, 6) is -2.22. The highest BCUT2D eigenvalue weighted by atomic mass is 19.2. The van der Waals surface area contributed by atoms with Gasteiger partial charge in [0.05, 0.1) is 0 Å². The molecule has 0 unspecified atom stereocenters. The van der Waals surface area contributed by atoms with Crippen molar-refractivity contribution >= 4 is 0 Å². The summed E-state index contributed by atoms with van der Waals surface area (Å²) in [4.78, 5) is 0. The first-order valence-corrected chi connectivity index (χ1v) is 8.25. The second-order valence-corrected chi connectivity index (χ2v) is 6.75. The molecule has 1 fully saturated rings. The molecule has 0 N–H and O–H groups in total. The highest BCUT2D eigenvalue weighted by molar-refractivity contribution is 5.31. The van der Waals surface area contributed by atoms with Crippen LogP contribution in [0.25, 0.3) is 0 Å². The Bertz CT molecular complexity index is 645. The minimum Gasteiger partial charge on any atom is -0.204 e. The fourth-order valence-electron chi connectivity index (χ4n) is 3.45. The average molecular weight is 318 g/mol. The minimum atomic E-state index is -1.41. The molecule has 0 bridgehead atoms. The summed E-state index contributed by atoms with van der Waals surface area (Å²) >= 11 is 0. The molecule has 0 nitrogen and oxygen atoms in total. The molecule has 0 spiro atoms. The first-order valence-electron chi connectivity index (χ1n) is 8.25. The van der Waals surface area contributed by atoms with Gasteiger partial charge in [0.15, 0.2) is 17.5 Å². The number of hydrogen-bond donors (Lipinski definition) is 0. The van der Waals surface area contributed by atoms with Crippen molar-refractivity contribution in [2.75, 3.05) is 0 Å². The van der Waals surface area contributed by atoms with Crippen molar-refractivity contribution < 1.29 is 13.2 Å². The van der Waals surface area contributed by atoms with E-state index >= 15 is 0 Å². The third-order valence-corrected chi connectivity index (χ3v) is 4.92. The van der Waals surface area contributed by atoms with Gasteiger partial charge in [-0.1, -0.05) is 44.0 Å². The summed E-state index contributed by atoms with van der Waals surface area (Å²) in [6, 6.07) is 10.4. The lowest BCUT2D eigenvalue weighted by Gasteiger charge is -2.26. The van der Waals surface area contributed by atoms with E-state index in [4.69, 9.17) is 0 Å². The lowest BCUT2D eigenvalue weighted by molar-refractivity contribution is 0.348. The summed E-state index contributed by atoms with van der Waals surface area (Å²) in [5, 5.41) is 0. The molecule has 3 rings (SSSR count). The summed E-state index contributed by atoms with van der Waals surface area (Å²) in [6.45, 7) is 2.31. The Hall–Kier alpha value is -1.77. The molecule has 122 valence electrons. The normalized spacial score (nSPS) is 21.4. The molecule has 0 amide bonds. The van der Waals surface area contributed by atoms with Crippen LogP contribution in [0.3, 0.4) is 0 Å². The van der Waals surface area contributed by atoms with E-state index in [1.807, 2.05) is 12.1 Å². The SMILES string of the molecule is CC1CCC(c2ccc(Cc3cc(F)c(F)c(F)c3)cc2)CC1. The third-order valence-electron chi connectivity index (χ3n) is 4.92. The van der Waals surface area contributed by atoms with Gasteiger partial charge in [0.1, 0.15) is 0 Å². The standard InChI is InChI=1S/C20H21F3/c1-13-2-6-16(7-3-13)17-8-4-14(5-9-17)10-15-11-18(21)20(23)19(22)12-15/h4-5,8-9,11-13,16H,2-3,6-7,10H2,1H3. The van der Waals surface area contributed by atoms with E-state index < -0.39 is 17.5 Å². The molecule has 23 heavy (non-hydrogen) atoms. The summed E-state index contributed by atoms with van der Waals surface area (Å²) < 4.78 is 39.5. The first-order chi connectivity index (χ1) is 11.0. The smallest absolute Gasteiger partial charge is 0.194 e. The number of hydrogen-bond acceptors (Lipinski definition) is 0. The third kappa shape index (κ3) is 3.77. The Balaban J connectivity index is 1.70. The predicted octanol–water partition coefficient (Wildman–Crippen LogP) is 5.99. The van der Waals surface area contributed by atoms with Gasteiger partial charge in [-0.05, 0) is 59.9 Å². The van der Waals surface area contributed by atoms with Gasteiger partial charge < -0.3 is 0 Å². The molecule has 1 aliphatic carbocycles. The van der Waals surface area contributed by atoms with Crippen molar-refractivity contribution in [1.82, 2.24) is 0 Å². The van der Waals surface area contributed by atoms with Crippen LogP contribution >= 0.6 is 0 Å². The second-order valence-electron chi connectivity index (χ2n) is 6.75. The van der Waals surface area contributed by atoms with Crippen LogP contribution in [0.1, 0.15) is 55.2 Å². The zero-order chi connectivity index (χ0) is 16.4. The highest BCUT2D eigenvalue weighted by Crippen LogP contribution is 2.35. The molecule has 0 aliphatic heterocycles. The van der Waals surface area contributed by atoms with E-state index in [0.29, 0.717) is 17.9 Å².